The molecule has 0 aliphatic carbocycles. The molecule has 2 heterocycles. The minimum Gasteiger partial charge on any atom is -0.448 e. The lowest BCUT2D eigenvalue weighted by Gasteiger charge is -2.08. The Morgan fingerprint density at radius 3 is 3.11 bits per heavy atom. The first-order valence-electron chi connectivity index (χ1n) is 6.57. The Hall–Kier alpha value is -1.36. The third-order valence-corrected chi connectivity index (χ3v) is 3.22. The fourth-order valence-corrected chi connectivity index (χ4v) is 2.18. The van der Waals surface area contributed by atoms with E-state index >= 15 is 0 Å². The van der Waals surface area contributed by atoms with Gasteiger partial charge in [-0.15, -0.1) is 0 Å². The molecule has 2 rings (SSSR count). The van der Waals surface area contributed by atoms with Gasteiger partial charge in [-0.1, -0.05) is 0 Å². The molecule has 0 spiro atoms. The summed E-state index contributed by atoms with van der Waals surface area (Å²) in [6, 6.07) is 0. The minimum absolute atomic E-state index is 0.154. The zero-order chi connectivity index (χ0) is 12.8. The molecule has 0 unspecified atom stereocenters. The van der Waals surface area contributed by atoms with Crippen LogP contribution in [-0.2, 0) is 4.74 Å². The molecule has 1 aromatic heterocycles. The first-order chi connectivity index (χ1) is 8.77. The Labute approximate surface area is 107 Å². The van der Waals surface area contributed by atoms with Gasteiger partial charge in [0, 0.05) is 13.2 Å². The highest BCUT2D eigenvalue weighted by molar-refractivity contribution is 5.92. The molecule has 5 heteroatoms. The van der Waals surface area contributed by atoms with Crippen molar-refractivity contribution < 1.29 is 13.9 Å². The van der Waals surface area contributed by atoms with Gasteiger partial charge in [-0.05, 0) is 39.0 Å². The molecule has 100 valence electrons. The number of oxazole rings is 1. The summed E-state index contributed by atoms with van der Waals surface area (Å²) in [5, 5.41) is 2.85. The summed E-state index contributed by atoms with van der Waals surface area (Å²) in [6.45, 7) is 3.32. The third kappa shape index (κ3) is 3.57. The summed E-state index contributed by atoms with van der Waals surface area (Å²) in [4.78, 5) is 15.6. The molecule has 1 saturated heterocycles. The first kappa shape index (κ1) is 13.1. The summed E-state index contributed by atoms with van der Waals surface area (Å²) in [5.41, 5.74) is 0.383. The molecule has 1 aliphatic heterocycles. The van der Waals surface area contributed by atoms with Crippen molar-refractivity contribution in [3.63, 3.8) is 0 Å². The van der Waals surface area contributed by atoms with Crippen LogP contribution in [0.5, 0.6) is 0 Å². The van der Waals surface area contributed by atoms with E-state index in [9.17, 15) is 4.79 Å². The highest BCUT2D eigenvalue weighted by atomic mass is 16.5. The normalized spacial score (nSPS) is 19.1. The van der Waals surface area contributed by atoms with Gasteiger partial charge < -0.3 is 14.5 Å². The smallest absolute Gasteiger partial charge is 0.273 e. The number of nitrogens with zero attached hydrogens (tertiary/aromatic N) is 1. The second-order valence-corrected chi connectivity index (χ2v) is 4.64. The number of ether oxygens (including phenoxy) is 1. The van der Waals surface area contributed by atoms with Crippen LogP contribution in [0.1, 0.15) is 48.4 Å². The summed E-state index contributed by atoms with van der Waals surface area (Å²) in [6.07, 6.45) is 7.27. The topological polar surface area (TPSA) is 64.4 Å². The quantitative estimate of drug-likeness (QED) is 0.787. The fourth-order valence-electron chi connectivity index (χ4n) is 2.18. The van der Waals surface area contributed by atoms with E-state index in [2.05, 4.69) is 10.3 Å². The van der Waals surface area contributed by atoms with E-state index in [-0.39, 0.29) is 5.91 Å². The van der Waals surface area contributed by atoms with Gasteiger partial charge in [0.15, 0.2) is 12.1 Å². The van der Waals surface area contributed by atoms with E-state index in [1.807, 2.05) is 0 Å². The predicted molar refractivity (Wildman–Crippen MR) is 66.4 cm³/mol. The predicted octanol–water partition coefficient (Wildman–Crippen LogP) is 2.06. The van der Waals surface area contributed by atoms with E-state index < -0.39 is 0 Å². The first-order valence-corrected chi connectivity index (χ1v) is 6.57. The number of rotatable bonds is 6. The number of aromatic nitrogens is 1. The lowest BCUT2D eigenvalue weighted by Crippen LogP contribution is -2.25. The molecule has 1 aliphatic rings. The van der Waals surface area contributed by atoms with Gasteiger partial charge in [0.25, 0.3) is 5.91 Å². The van der Waals surface area contributed by atoms with Crippen molar-refractivity contribution in [1.29, 1.82) is 0 Å². The molecule has 1 fully saturated rings. The Kier molecular flexibility index (Phi) is 4.75. The maximum atomic E-state index is 11.7. The Morgan fingerprint density at radius 2 is 2.44 bits per heavy atom. The number of hydrogen-bond donors (Lipinski definition) is 1. The van der Waals surface area contributed by atoms with Gasteiger partial charge in [0.2, 0.25) is 0 Å². The van der Waals surface area contributed by atoms with Gasteiger partial charge in [-0.2, -0.15) is 0 Å². The molecule has 0 radical (unpaired) electrons. The maximum absolute atomic E-state index is 11.7. The minimum atomic E-state index is -0.154. The molecule has 1 amide bonds. The molecule has 1 atom stereocenters. The Balaban J connectivity index is 1.58. The van der Waals surface area contributed by atoms with Crippen LogP contribution in [0.2, 0.25) is 0 Å². The van der Waals surface area contributed by atoms with Crippen molar-refractivity contribution in [3.8, 4) is 0 Å². The van der Waals surface area contributed by atoms with E-state index in [1.165, 1.54) is 19.2 Å². The van der Waals surface area contributed by atoms with Crippen LogP contribution in [0.4, 0.5) is 0 Å². The van der Waals surface area contributed by atoms with Gasteiger partial charge in [-0.3, -0.25) is 4.79 Å². The Morgan fingerprint density at radius 1 is 1.56 bits per heavy atom. The molecule has 18 heavy (non-hydrogen) atoms. The lowest BCUT2D eigenvalue weighted by atomic mass is 10.1. The highest BCUT2D eigenvalue weighted by Crippen LogP contribution is 2.17. The Bertz CT molecular complexity index is 383. The van der Waals surface area contributed by atoms with Crippen LogP contribution < -0.4 is 5.32 Å². The summed E-state index contributed by atoms with van der Waals surface area (Å²) >= 11 is 0. The van der Waals surface area contributed by atoms with Crippen molar-refractivity contribution >= 4 is 5.91 Å². The summed E-state index contributed by atoms with van der Waals surface area (Å²) in [7, 11) is 0. The van der Waals surface area contributed by atoms with Crippen LogP contribution in [0.25, 0.3) is 0 Å². The number of amides is 1. The van der Waals surface area contributed by atoms with Gasteiger partial charge >= 0.3 is 0 Å². The second-order valence-electron chi connectivity index (χ2n) is 4.64. The van der Waals surface area contributed by atoms with Crippen molar-refractivity contribution in [3.05, 3.63) is 17.8 Å². The average Bonchev–Trinajstić information content (AvgIpc) is 2.99. The average molecular weight is 252 g/mol. The maximum Gasteiger partial charge on any atom is 0.273 e. The van der Waals surface area contributed by atoms with E-state index in [1.54, 1.807) is 6.92 Å². The monoisotopic (exact) mass is 252 g/mol. The number of nitrogens with one attached hydrogen (secondary N) is 1. The molecular formula is C13H20N2O3. The zero-order valence-electron chi connectivity index (χ0n) is 10.8. The molecule has 5 nitrogen and oxygen atoms in total. The van der Waals surface area contributed by atoms with Crippen molar-refractivity contribution in [2.75, 3.05) is 13.2 Å². The SMILES string of the molecule is Cc1ocnc1C(=O)NCCCC[C@@H]1CCCO1. The second kappa shape index (κ2) is 6.54. The van der Waals surface area contributed by atoms with Crippen LogP contribution >= 0.6 is 0 Å². The van der Waals surface area contributed by atoms with Crippen LogP contribution in [-0.4, -0.2) is 30.1 Å². The van der Waals surface area contributed by atoms with Crippen LogP contribution in [0, 0.1) is 6.92 Å². The molecule has 0 aromatic carbocycles. The fraction of sp³-hybridized carbons (Fsp3) is 0.692. The summed E-state index contributed by atoms with van der Waals surface area (Å²) in [5.74, 6) is 0.408. The number of carbonyl (C=O) groups is 1. The highest BCUT2D eigenvalue weighted by Gasteiger charge is 2.15. The van der Waals surface area contributed by atoms with Crippen LogP contribution in [0.15, 0.2) is 10.8 Å². The van der Waals surface area contributed by atoms with E-state index in [0.29, 0.717) is 24.1 Å². The van der Waals surface area contributed by atoms with Crippen molar-refractivity contribution in [2.24, 2.45) is 0 Å². The van der Waals surface area contributed by atoms with Gasteiger partial charge in [-0.25, -0.2) is 4.98 Å². The molecule has 1 N–H and O–H groups in total. The summed E-state index contributed by atoms with van der Waals surface area (Å²) < 4.78 is 10.5. The van der Waals surface area contributed by atoms with Crippen molar-refractivity contribution in [2.45, 2.75) is 45.1 Å². The molecule has 0 bridgehead atoms. The lowest BCUT2D eigenvalue weighted by molar-refractivity contribution is 0.0941. The number of carbonyl (C=O) groups excluding carboxylic acids is 1. The third-order valence-electron chi connectivity index (χ3n) is 3.22. The largest absolute Gasteiger partial charge is 0.448 e. The number of unbranched alkanes of at least 4 members (excludes halogenated alkanes) is 1. The van der Waals surface area contributed by atoms with Gasteiger partial charge in [0.05, 0.1) is 6.10 Å². The standard InChI is InChI=1S/C13H20N2O3/c1-10-12(15-9-18-10)13(16)14-7-3-2-5-11-6-4-8-17-11/h9,11H,2-8H2,1H3,(H,14,16)/t11-/m1/s1. The zero-order valence-corrected chi connectivity index (χ0v) is 10.8. The molecule has 1 aromatic rings. The molecular weight excluding hydrogens is 232 g/mol. The number of hydrogen-bond acceptors (Lipinski definition) is 4. The van der Waals surface area contributed by atoms with Crippen LogP contribution in [0.3, 0.4) is 0 Å². The van der Waals surface area contributed by atoms with E-state index in [0.717, 1.165) is 25.9 Å². The number of aryl methyl sites for hydroxylation is 1. The van der Waals surface area contributed by atoms with Crippen molar-refractivity contribution in [1.82, 2.24) is 10.3 Å². The molecule has 0 saturated carbocycles. The van der Waals surface area contributed by atoms with E-state index in [4.69, 9.17) is 9.15 Å². The van der Waals surface area contributed by atoms with Gasteiger partial charge in [0.1, 0.15) is 5.76 Å².